The molecule has 2 aromatic rings. The van der Waals surface area contributed by atoms with Gasteiger partial charge in [0.1, 0.15) is 5.76 Å². The van der Waals surface area contributed by atoms with Gasteiger partial charge in [-0.25, -0.2) is 0 Å². The Kier molecular flexibility index (Phi) is 6.73. The van der Waals surface area contributed by atoms with Gasteiger partial charge in [-0.05, 0) is 30.3 Å². The molecule has 33 heavy (non-hydrogen) atoms. The molecule has 0 unspecified atom stereocenters. The number of ether oxygens (including phenoxy) is 1. The maximum absolute atomic E-state index is 13.1. The number of rotatable bonds is 6. The Labute approximate surface area is 195 Å². The first-order chi connectivity index (χ1) is 15.9. The van der Waals surface area contributed by atoms with E-state index in [1.54, 1.807) is 18.2 Å². The smallest absolute Gasteiger partial charge is 0.295 e. The number of benzene rings is 2. The van der Waals surface area contributed by atoms with Crippen molar-refractivity contribution in [3.8, 4) is 0 Å². The predicted octanol–water partition coefficient (Wildman–Crippen LogP) is 3.00. The number of halogens is 1. The molecule has 0 saturated carbocycles. The number of morpholine rings is 1. The van der Waals surface area contributed by atoms with Crippen LogP contribution in [0.2, 0.25) is 5.02 Å². The van der Waals surface area contributed by atoms with Gasteiger partial charge in [-0.15, -0.1) is 0 Å². The zero-order chi connectivity index (χ0) is 23.5. The van der Waals surface area contributed by atoms with Crippen molar-refractivity contribution in [2.24, 2.45) is 0 Å². The number of amides is 1. The molecule has 2 fully saturated rings. The minimum atomic E-state index is -1.09. The number of likely N-dealkylation sites (tertiary alicyclic amines) is 1. The number of nitro groups is 1. The van der Waals surface area contributed by atoms with E-state index in [0.29, 0.717) is 37.9 Å². The number of ketones is 1. The lowest BCUT2D eigenvalue weighted by Crippen LogP contribution is -2.42. The molecule has 0 aliphatic carbocycles. The number of nitrogens with zero attached hydrogens (tertiary/aromatic N) is 3. The van der Waals surface area contributed by atoms with Crippen LogP contribution in [0.25, 0.3) is 5.76 Å². The summed E-state index contributed by atoms with van der Waals surface area (Å²) in [6.45, 7) is 3.15. The van der Waals surface area contributed by atoms with Crippen molar-refractivity contribution in [1.82, 2.24) is 9.80 Å². The van der Waals surface area contributed by atoms with Gasteiger partial charge in [-0.3, -0.25) is 24.6 Å². The molecule has 1 N–H and O–H groups in total. The van der Waals surface area contributed by atoms with E-state index in [1.165, 1.54) is 35.2 Å². The van der Waals surface area contributed by atoms with Crippen LogP contribution < -0.4 is 0 Å². The molecule has 4 rings (SSSR count). The maximum atomic E-state index is 13.1. The third-order valence-electron chi connectivity index (χ3n) is 5.85. The Hall–Kier alpha value is -3.27. The van der Waals surface area contributed by atoms with Crippen LogP contribution in [0, 0.1) is 10.1 Å². The molecule has 1 atom stereocenters. The summed E-state index contributed by atoms with van der Waals surface area (Å²) in [5, 5.41) is 23.2. The van der Waals surface area contributed by atoms with E-state index in [4.69, 9.17) is 16.3 Å². The monoisotopic (exact) mass is 471 g/mol. The second kappa shape index (κ2) is 9.70. The third-order valence-corrected chi connectivity index (χ3v) is 6.10. The Balaban J connectivity index is 1.80. The topological polar surface area (TPSA) is 113 Å². The number of para-hydroxylation sites is 1. The van der Waals surface area contributed by atoms with E-state index in [1.807, 2.05) is 0 Å². The van der Waals surface area contributed by atoms with Crippen LogP contribution in [0.15, 0.2) is 54.1 Å². The molecule has 0 radical (unpaired) electrons. The summed E-state index contributed by atoms with van der Waals surface area (Å²) in [5.41, 5.74) is 0.0368. The van der Waals surface area contributed by atoms with Gasteiger partial charge in [0.15, 0.2) is 0 Å². The lowest BCUT2D eigenvalue weighted by molar-refractivity contribution is -0.385. The summed E-state index contributed by atoms with van der Waals surface area (Å²) in [6, 6.07) is 11.0. The Bertz CT molecular complexity index is 1110. The molecular formula is C23H22ClN3O6. The first kappa shape index (κ1) is 22.9. The van der Waals surface area contributed by atoms with Crippen LogP contribution in [-0.2, 0) is 14.3 Å². The van der Waals surface area contributed by atoms with Crippen LogP contribution >= 0.6 is 11.6 Å². The SMILES string of the molecule is O=C1C(=O)N(CCN2CCOCC2)[C@@H](c2ccccc2[N+](=O)[O-])C1=C(O)c1ccc(Cl)cc1. The molecule has 2 aliphatic heterocycles. The fraction of sp³-hybridized carbons (Fsp3) is 0.304. The van der Waals surface area contributed by atoms with Crippen molar-refractivity contribution in [2.75, 3.05) is 39.4 Å². The number of nitro benzene ring substituents is 1. The van der Waals surface area contributed by atoms with Gasteiger partial charge in [-0.2, -0.15) is 0 Å². The number of Topliss-reactive ketones (excluding diaryl/α,β-unsaturated/α-hetero) is 1. The van der Waals surface area contributed by atoms with Gasteiger partial charge >= 0.3 is 0 Å². The number of aliphatic hydroxyl groups excluding tert-OH is 1. The zero-order valence-corrected chi connectivity index (χ0v) is 18.4. The van der Waals surface area contributed by atoms with Gasteiger partial charge in [0.2, 0.25) is 0 Å². The van der Waals surface area contributed by atoms with Gasteiger partial charge in [-0.1, -0.05) is 23.7 Å². The van der Waals surface area contributed by atoms with Crippen molar-refractivity contribution >= 4 is 34.7 Å². The van der Waals surface area contributed by atoms with Crippen LogP contribution in [0.4, 0.5) is 5.69 Å². The van der Waals surface area contributed by atoms with E-state index < -0.39 is 28.4 Å². The molecule has 2 heterocycles. The number of hydrogen-bond acceptors (Lipinski definition) is 7. The minimum absolute atomic E-state index is 0.165. The summed E-state index contributed by atoms with van der Waals surface area (Å²) in [6.07, 6.45) is 0. The Morgan fingerprint density at radius 1 is 1.09 bits per heavy atom. The molecule has 1 amide bonds. The fourth-order valence-electron chi connectivity index (χ4n) is 4.16. The summed E-state index contributed by atoms with van der Waals surface area (Å²) < 4.78 is 5.35. The summed E-state index contributed by atoms with van der Waals surface area (Å²) in [7, 11) is 0. The molecule has 0 spiro atoms. The molecule has 0 aromatic heterocycles. The zero-order valence-electron chi connectivity index (χ0n) is 17.6. The van der Waals surface area contributed by atoms with Gasteiger partial charge in [0.25, 0.3) is 17.4 Å². The normalized spacial score (nSPS) is 20.9. The number of carbonyl (C=O) groups excluding carboxylic acids is 2. The quantitative estimate of drug-likeness (QED) is 0.226. The standard InChI is InChI=1S/C23H22ClN3O6/c24-16-7-5-15(6-8-16)21(28)19-20(17-3-1-2-4-18(17)27(31)32)26(23(30)22(19)29)10-9-25-11-13-33-14-12-25/h1-8,20,28H,9-14H2/t20-/m0/s1. The van der Waals surface area contributed by atoms with Gasteiger partial charge in [0, 0.05) is 42.8 Å². The summed E-state index contributed by atoms with van der Waals surface area (Å²) >= 11 is 5.93. The Morgan fingerprint density at radius 2 is 1.76 bits per heavy atom. The second-order valence-electron chi connectivity index (χ2n) is 7.77. The molecular weight excluding hydrogens is 450 g/mol. The summed E-state index contributed by atoms with van der Waals surface area (Å²) in [5.74, 6) is -2.09. The lowest BCUT2D eigenvalue weighted by Gasteiger charge is -2.30. The number of hydrogen-bond donors (Lipinski definition) is 1. The highest BCUT2D eigenvalue weighted by atomic mass is 35.5. The maximum Gasteiger partial charge on any atom is 0.295 e. The molecule has 10 heteroatoms. The highest BCUT2D eigenvalue weighted by molar-refractivity contribution is 6.46. The van der Waals surface area contributed by atoms with Crippen LogP contribution in [0.1, 0.15) is 17.2 Å². The highest BCUT2D eigenvalue weighted by Crippen LogP contribution is 2.42. The third kappa shape index (κ3) is 4.61. The van der Waals surface area contributed by atoms with E-state index >= 15 is 0 Å². The lowest BCUT2D eigenvalue weighted by atomic mass is 9.94. The van der Waals surface area contributed by atoms with E-state index in [2.05, 4.69) is 4.90 Å². The largest absolute Gasteiger partial charge is 0.507 e. The van der Waals surface area contributed by atoms with E-state index in [9.17, 15) is 24.8 Å². The molecule has 172 valence electrons. The molecule has 2 aromatic carbocycles. The van der Waals surface area contributed by atoms with Crippen molar-refractivity contribution < 1.29 is 24.4 Å². The average molecular weight is 472 g/mol. The molecule has 0 bridgehead atoms. The van der Waals surface area contributed by atoms with Crippen LogP contribution in [0.3, 0.4) is 0 Å². The van der Waals surface area contributed by atoms with Crippen LogP contribution in [0.5, 0.6) is 0 Å². The first-order valence-electron chi connectivity index (χ1n) is 10.5. The highest BCUT2D eigenvalue weighted by Gasteiger charge is 2.48. The van der Waals surface area contributed by atoms with Crippen molar-refractivity contribution in [3.05, 3.63) is 80.4 Å². The van der Waals surface area contributed by atoms with Crippen LogP contribution in [-0.4, -0.2) is 70.9 Å². The molecule has 2 saturated heterocycles. The van der Waals surface area contributed by atoms with Crippen molar-refractivity contribution in [3.63, 3.8) is 0 Å². The minimum Gasteiger partial charge on any atom is -0.507 e. The van der Waals surface area contributed by atoms with E-state index in [-0.39, 0.29) is 28.9 Å². The molecule has 2 aliphatic rings. The average Bonchev–Trinajstić information content (AvgIpc) is 3.08. The number of aliphatic hydroxyl groups is 1. The van der Waals surface area contributed by atoms with E-state index in [0.717, 1.165) is 0 Å². The van der Waals surface area contributed by atoms with Gasteiger partial charge in [0.05, 0.1) is 35.3 Å². The van der Waals surface area contributed by atoms with Crippen molar-refractivity contribution in [2.45, 2.75) is 6.04 Å². The Morgan fingerprint density at radius 3 is 2.42 bits per heavy atom. The fourth-order valence-corrected chi connectivity index (χ4v) is 4.28. The number of carbonyl (C=O) groups is 2. The summed E-state index contributed by atoms with van der Waals surface area (Å²) in [4.78, 5) is 40.7. The van der Waals surface area contributed by atoms with Crippen molar-refractivity contribution in [1.29, 1.82) is 0 Å². The second-order valence-corrected chi connectivity index (χ2v) is 8.21. The first-order valence-corrected chi connectivity index (χ1v) is 10.8. The predicted molar refractivity (Wildman–Crippen MR) is 121 cm³/mol. The molecule has 9 nitrogen and oxygen atoms in total. The van der Waals surface area contributed by atoms with Gasteiger partial charge < -0.3 is 14.7 Å².